The van der Waals surface area contributed by atoms with Crippen molar-refractivity contribution in [2.24, 2.45) is 23.2 Å². The Morgan fingerprint density at radius 3 is 2.53 bits per heavy atom. The van der Waals surface area contributed by atoms with E-state index in [-0.39, 0.29) is 5.41 Å². The van der Waals surface area contributed by atoms with Crippen molar-refractivity contribution in [3.63, 3.8) is 0 Å². The van der Waals surface area contributed by atoms with Crippen molar-refractivity contribution in [1.29, 1.82) is 5.26 Å². The maximum Gasteiger partial charge on any atom is 0.0687 e. The molecule has 0 amide bonds. The minimum Gasteiger partial charge on any atom is -0.303 e. The molecule has 1 heterocycles. The highest BCUT2D eigenvalue weighted by molar-refractivity contribution is 4.99. The molecule has 0 aromatic rings. The normalized spacial score (nSPS) is 40.4. The quantitative estimate of drug-likeness (QED) is 0.731. The van der Waals surface area contributed by atoms with Gasteiger partial charge in [-0.1, -0.05) is 6.42 Å². The molecular formula is C15H24N2. The Morgan fingerprint density at radius 2 is 2.00 bits per heavy atom. The molecule has 94 valence electrons. The number of rotatable bonds is 2. The number of likely N-dealkylation sites (tertiary alicyclic amines) is 1. The van der Waals surface area contributed by atoms with Gasteiger partial charge in [-0.3, -0.25) is 0 Å². The average Bonchev–Trinajstić information content (AvgIpc) is 2.94. The SMILES string of the molecule is CC1(C#N)CCN(CC2CC3CCC2C3)CC1. The monoisotopic (exact) mass is 232 g/mol. The van der Waals surface area contributed by atoms with Gasteiger partial charge in [0.1, 0.15) is 0 Å². The van der Waals surface area contributed by atoms with Crippen molar-refractivity contribution in [2.75, 3.05) is 19.6 Å². The molecule has 3 fully saturated rings. The molecule has 2 saturated carbocycles. The van der Waals surface area contributed by atoms with Crippen LogP contribution in [0, 0.1) is 34.5 Å². The van der Waals surface area contributed by atoms with Gasteiger partial charge in [0.2, 0.25) is 0 Å². The number of fused-ring (bicyclic) bond motifs is 2. The molecule has 0 spiro atoms. The van der Waals surface area contributed by atoms with E-state index in [1.165, 1.54) is 32.2 Å². The maximum absolute atomic E-state index is 9.14. The molecule has 3 rings (SSSR count). The molecule has 0 radical (unpaired) electrons. The zero-order chi connectivity index (χ0) is 11.9. The summed E-state index contributed by atoms with van der Waals surface area (Å²) in [5.41, 5.74) is -0.0365. The summed E-state index contributed by atoms with van der Waals surface area (Å²) < 4.78 is 0. The van der Waals surface area contributed by atoms with E-state index in [1.54, 1.807) is 0 Å². The van der Waals surface area contributed by atoms with E-state index in [0.29, 0.717) is 0 Å². The van der Waals surface area contributed by atoms with Crippen LogP contribution in [0.2, 0.25) is 0 Å². The molecule has 3 aliphatic rings. The Morgan fingerprint density at radius 1 is 1.24 bits per heavy atom. The van der Waals surface area contributed by atoms with Crippen molar-refractivity contribution < 1.29 is 0 Å². The molecule has 2 bridgehead atoms. The zero-order valence-corrected chi connectivity index (χ0v) is 11.0. The van der Waals surface area contributed by atoms with Gasteiger partial charge in [-0.15, -0.1) is 0 Å². The molecule has 1 aliphatic heterocycles. The van der Waals surface area contributed by atoms with Crippen LogP contribution in [0.5, 0.6) is 0 Å². The third kappa shape index (κ3) is 2.22. The summed E-state index contributed by atoms with van der Waals surface area (Å²) >= 11 is 0. The molecule has 0 aromatic carbocycles. The lowest BCUT2D eigenvalue weighted by molar-refractivity contribution is 0.121. The minimum absolute atomic E-state index is 0.0365. The second-order valence-corrected chi connectivity index (χ2v) is 6.91. The van der Waals surface area contributed by atoms with Gasteiger partial charge in [-0.05, 0) is 69.9 Å². The Hall–Kier alpha value is -0.550. The molecule has 2 nitrogen and oxygen atoms in total. The molecule has 1 saturated heterocycles. The second-order valence-electron chi connectivity index (χ2n) is 6.91. The number of piperidine rings is 1. The second kappa shape index (κ2) is 4.28. The number of hydrogen-bond acceptors (Lipinski definition) is 2. The van der Waals surface area contributed by atoms with Crippen LogP contribution in [-0.2, 0) is 0 Å². The predicted octanol–water partition coefficient (Wildman–Crippen LogP) is 3.05. The van der Waals surface area contributed by atoms with E-state index in [1.807, 2.05) is 0 Å². The smallest absolute Gasteiger partial charge is 0.0687 e. The molecule has 2 heteroatoms. The molecule has 3 atom stereocenters. The van der Waals surface area contributed by atoms with Gasteiger partial charge in [-0.2, -0.15) is 5.26 Å². The van der Waals surface area contributed by atoms with Crippen LogP contribution in [0.3, 0.4) is 0 Å². The van der Waals surface area contributed by atoms with Gasteiger partial charge in [0.15, 0.2) is 0 Å². The Kier molecular flexibility index (Phi) is 2.91. The number of nitrogens with zero attached hydrogens (tertiary/aromatic N) is 2. The Balaban J connectivity index is 1.50. The first-order chi connectivity index (χ1) is 8.18. The number of nitriles is 1. The molecule has 17 heavy (non-hydrogen) atoms. The lowest BCUT2D eigenvalue weighted by atomic mass is 9.81. The summed E-state index contributed by atoms with van der Waals surface area (Å²) in [7, 11) is 0. The van der Waals surface area contributed by atoms with Crippen LogP contribution in [0.25, 0.3) is 0 Å². The summed E-state index contributed by atoms with van der Waals surface area (Å²) in [4.78, 5) is 2.63. The molecule has 2 aliphatic carbocycles. The summed E-state index contributed by atoms with van der Waals surface area (Å²) in [6, 6.07) is 2.49. The fraction of sp³-hybridized carbons (Fsp3) is 0.933. The Labute approximate surface area is 105 Å². The summed E-state index contributed by atoms with van der Waals surface area (Å²) in [5, 5.41) is 9.14. The molecule has 3 unspecified atom stereocenters. The lowest BCUT2D eigenvalue weighted by Gasteiger charge is -2.37. The van der Waals surface area contributed by atoms with Gasteiger partial charge in [0.05, 0.1) is 11.5 Å². The summed E-state index contributed by atoms with van der Waals surface area (Å²) in [6.07, 6.45) is 8.17. The highest BCUT2D eigenvalue weighted by Gasteiger charge is 2.40. The largest absolute Gasteiger partial charge is 0.303 e. The molecular weight excluding hydrogens is 208 g/mol. The fourth-order valence-corrected chi connectivity index (χ4v) is 4.27. The van der Waals surface area contributed by atoms with Gasteiger partial charge in [-0.25, -0.2) is 0 Å². The summed E-state index contributed by atoms with van der Waals surface area (Å²) in [5.74, 6) is 3.10. The molecule has 0 N–H and O–H groups in total. The van der Waals surface area contributed by atoms with E-state index in [4.69, 9.17) is 5.26 Å². The molecule has 0 aromatic heterocycles. The van der Waals surface area contributed by atoms with E-state index >= 15 is 0 Å². The highest BCUT2D eigenvalue weighted by Crippen LogP contribution is 2.48. The van der Waals surface area contributed by atoms with Crippen LogP contribution in [-0.4, -0.2) is 24.5 Å². The Bertz CT molecular complexity index is 322. The lowest BCUT2D eigenvalue weighted by Crippen LogP contribution is -2.41. The van der Waals surface area contributed by atoms with Crippen molar-refractivity contribution in [3.05, 3.63) is 0 Å². The number of hydrogen-bond donors (Lipinski definition) is 0. The first-order valence-corrected chi connectivity index (χ1v) is 7.32. The summed E-state index contributed by atoms with van der Waals surface area (Å²) in [6.45, 7) is 5.75. The van der Waals surface area contributed by atoms with Gasteiger partial charge in [0.25, 0.3) is 0 Å². The van der Waals surface area contributed by atoms with Gasteiger partial charge in [0, 0.05) is 6.54 Å². The van der Waals surface area contributed by atoms with Crippen LogP contribution in [0.4, 0.5) is 0 Å². The topological polar surface area (TPSA) is 27.0 Å². The van der Waals surface area contributed by atoms with Crippen LogP contribution in [0.1, 0.15) is 45.4 Å². The van der Waals surface area contributed by atoms with Crippen LogP contribution < -0.4 is 0 Å². The van der Waals surface area contributed by atoms with Crippen LogP contribution >= 0.6 is 0 Å². The van der Waals surface area contributed by atoms with E-state index < -0.39 is 0 Å². The van der Waals surface area contributed by atoms with Crippen LogP contribution in [0.15, 0.2) is 0 Å². The fourth-order valence-electron chi connectivity index (χ4n) is 4.27. The third-order valence-electron chi connectivity index (χ3n) is 5.61. The predicted molar refractivity (Wildman–Crippen MR) is 68.3 cm³/mol. The van der Waals surface area contributed by atoms with E-state index in [2.05, 4.69) is 17.9 Å². The standard InChI is InChI=1S/C15H24N2/c1-15(11-16)4-6-17(7-5-15)10-14-9-12-2-3-13(14)8-12/h12-14H,2-10H2,1H3. The first kappa shape index (κ1) is 11.5. The van der Waals surface area contributed by atoms with E-state index in [0.717, 1.165) is 43.7 Å². The van der Waals surface area contributed by atoms with Crippen molar-refractivity contribution >= 4 is 0 Å². The third-order valence-corrected chi connectivity index (χ3v) is 5.61. The minimum atomic E-state index is -0.0365. The van der Waals surface area contributed by atoms with E-state index in [9.17, 15) is 0 Å². The van der Waals surface area contributed by atoms with Gasteiger partial charge < -0.3 is 4.90 Å². The highest BCUT2D eigenvalue weighted by atomic mass is 15.1. The van der Waals surface area contributed by atoms with Crippen molar-refractivity contribution in [2.45, 2.75) is 45.4 Å². The van der Waals surface area contributed by atoms with Gasteiger partial charge >= 0.3 is 0 Å². The average molecular weight is 232 g/mol. The maximum atomic E-state index is 9.14. The first-order valence-electron chi connectivity index (χ1n) is 7.32. The zero-order valence-electron chi connectivity index (χ0n) is 11.0. The van der Waals surface area contributed by atoms with Crippen molar-refractivity contribution in [1.82, 2.24) is 4.90 Å². The van der Waals surface area contributed by atoms with Crippen molar-refractivity contribution in [3.8, 4) is 6.07 Å².